The molecule has 0 bridgehead atoms. The van der Waals surface area contributed by atoms with Crippen molar-refractivity contribution in [2.45, 2.75) is 12.5 Å². The van der Waals surface area contributed by atoms with Crippen molar-refractivity contribution in [3.8, 4) is 11.8 Å². The molecule has 138 valence electrons. The van der Waals surface area contributed by atoms with Crippen molar-refractivity contribution in [1.29, 1.82) is 0 Å². The second-order valence-electron chi connectivity index (χ2n) is 6.18. The lowest BCUT2D eigenvalue weighted by Crippen LogP contribution is -2.33. The molecule has 1 aromatic carbocycles. The summed E-state index contributed by atoms with van der Waals surface area (Å²) in [5.41, 5.74) is -0.151. The number of hydrogen-bond acceptors (Lipinski definition) is 7. The first kappa shape index (κ1) is 17.0. The van der Waals surface area contributed by atoms with Crippen molar-refractivity contribution >= 4 is 16.9 Å². The quantitative estimate of drug-likeness (QED) is 0.650. The van der Waals surface area contributed by atoms with Crippen LogP contribution in [0.4, 0.5) is 0 Å². The van der Waals surface area contributed by atoms with Gasteiger partial charge in [-0.25, -0.2) is 4.79 Å². The molecule has 0 spiro atoms. The van der Waals surface area contributed by atoms with E-state index in [0.29, 0.717) is 42.2 Å². The summed E-state index contributed by atoms with van der Waals surface area (Å²) in [6, 6.07) is 12.0. The van der Waals surface area contributed by atoms with E-state index in [1.807, 2.05) is 6.07 Å². The molecule has 1 aliphatic rings. The van der Waals surface area contributed by atoms with E-state index in [0.717, 1.165) is 0 Å². The van der Waals surface area contributed by atoms with Crippen LogP contribution in [-0.4, -0.2) is 47.3 Å². The minimum Gasteiger partial charge on any atom is -0.480 e. The van der Waals surface area contributed by atoms with Gasteiger partial charge in [-0.05, 0) is 12.1 Å². The van der Waals surface area contributed by atoms with Crippen LogP contribution in [-0.2, 0) is 0 Å². The highest BCUT2D eigenvalue weighted by atomic mass is 16.5. The summed E-state index contributed by atoms with van der Waals surface area (Å²) in [5.74, 6) is 0.398. The molecular formula is C19H17N3O5. The number of rotatable bonds is 4. The molecule has 1 atom stereocenters. The van der Waals surface area contributed by atoms with E-state index in [-0.39, 0.29) is 17.6 Å². The van der Waals surface area contributed by atoms with Crippen molar-refractivity contribution < 1.29 is 18.7 Å². The van der Waals surface area contributed by atoms with Gasteiger partial charge in [0, 0.05) is 30.5 Å². The molecule has 3 aromatic rings. The SMILES string of the molecule is COc1ccc(OC2CCN(C(=O)c3cc4ccccc4oc3=O)C2)nn1. The number of para-hydroxylation sites is 1. The molecule has 1 unspecified atom stereocenters. The van der Waals surface area contributed by atoms with Crippen LogP contribution in [0.25, 0.3) is 11.0 Å². The Morgan fingerprint density at radius 2 is 1.96 bits per heavy atom. The van der Waals surface area contributed by atoms with Gasteiger partial charge in [0.25, 0.3) is 5.91 Å². The number of hydrogen-bond donors (Lipinski definition) is 0. The zero-order valence-electron chi connectivity index (χ0n) is 14.6. The van der Waals surface area contributed by atoms with E-state index in [1.54, 1.807) is 41.3 Å². The first-order chi connectivity index (χ1) is 13.1. The minimum absolute atomic E-state index is 0.0265. The van der Waals surface area contributed by atoms with Crippen LogP contribution in [0.5, 0.6) is 11.8 Å². The maximum absolute atomic E-state index is 12.8. The third kappa shape index (κ3) is 3.46. The number of methoxy groups -OCH3 is 1. The van der Waals surface area contributed by atoms with Crippen LogP contribution < -0.4 is 15.1 Å². The Morgan fingerprint density at radius 3 is 2.74 bits per heavy atom. The van der Waals surface area contributed by atoms with Gasteiger partial charge in [-0.2, -0.15) is 0 Å². The lowest BCUT2D eigenvalue weighted by molar-refractivity contribution is 0.0767. The summed E-state index contributed by atoms with van der Waals surface area (Å²) in [6.07, 6.45) is 0.419. The zero-order chi connectivity index (χ0) is 18.8. The van der Waals surface area contributed by atoms with E-state index >= 15 is 0 Å². The van der Waals surface area contributed by atoms with Crippen molar-refractivity contribution in [3.05, 3.63) is 58.4 Å². The number of ether oxygens (including phenoxy) is 2. The van der Waals surface area contributed by atoms with E-state index in [4.69, 9.17) is 13.9 Å². The number of fused-ring (bicyclic) bond motifs is 1. The molecule has 2 aromatic heterocycles. The lowest BCUT2D eigenvalue weighted by Gasteiger charge is -2.16. The fraction of sp³-hybridized carbons (Fsp3) is 0.263. The Balaban J connectivity index is 1.47. The van der Waals surface area contributed by atoms with E-state index in [9.17, 15) is 9.59 Å². The second kappa shape index (κ2) is 7.06. The normalized spacial score (nSPS) is 16.5. The predicted octanol–water partition coefficient (Wildman–Crippen LogP) is 1.89. The Morgan fingerprint density at radius 1 is 1.19 bits per heavy atom. The molecule has 1 saturated heterocycles. The van der Waals surface area contributed by atoms with Gasteiger partial charge in [0.1, 0.15) is 17.3 Å². The average Bonchev–Trinajstić information content (AvgIpc) is 3.16. The second-order valence-corrected chi connectivity index (χ2v) is 6.18. The van der Waals surface area contributed by atoms with Crippen LogP contribution in [0, 0.1) is 0 Å². The summed E-state index contributed by atoms with van der Waals surface area (Å²) in [6.45, 7) is 0.845. The monoisotopic (exact) mass is 367 g/mol. The van der Waals surface area contributed by atoms with Crippen LogP contribution >= 0.6 is 0 Å². The van der Waals surface area contributed by atoms with Gasteiger partial charge < -0.3 is 18.8 Å². The fourth-order valence-electron chi connectivity index (χ4n) is 3.04. The highest BCUT2D eigenvalue weighted by Gasteiger charge is 2.30. The highest BCUT2D eigenvalue weighted by Crippen LogP contribution is 2.20. The van der Waals surface area contributed by atoms with Gasteiger partial charge in [-0.3, -0.25) is 4.79 Å². The third-order valence-corrected chi connectivity index (χ3v) is 4.42. The number of carbonyl (C=O) groups is 1. The van der Waals surface area contributed by atoms with Crippen molar-refractivity contribution in [3.63, 3.8) is 0 Å². The van der Waals surface area contributed by atoms with Crippen molar-refractivity contribution in [2.24, 2.45) is 0 Å². The van der Waals surface area contributed by atoms with Crippen molar-refractivity contribution in [2.75, 3.05) is 20.2 Å². The number of benzene rings is 1. The maximum atomic E-state index is 12.8. The molecule has 8 nitrogen and oxygen atoms in total. The molecule has 8 heteroatoms. The first-order valence-corrected chi connectivity index (χ1v) is 8.50. The average molecular weight is 367 g/mol. The standard InChI is InChI=1S/C19H17N3O5/c1-25-16-6-7-17(21-20-16)26-13-8-9-22(11-13)18(23)14-10-12-4-2-3-5-15(12)27-19(14)24/h2-7,10,13H,8-9,11H2,1H3. The molecule has 0 N–H and O–H groups in total. The molecule has 4 rings (SSSR count). The van der Waals surface area contributed by atoms with Crippen molar-refractivity contribution in [1.82, 2.24) is 15.1 Å². The molecule has 3 heterocycles. The summed E-state index contributed by atoms with van der Waals surface area (Å²) in [5, 5.41) is 8.48. The number of nitrogens with zero attached hydrogens (tertiary/aromatic N) is 3. The number of likely N-dealkylation sites (tertiary alicyclic amines) is 1. The van der Waals surface area contributed by atoms with E-state index in [2.05, 4.69) is 10.2 Å². The largest absolute Gasteiger partial charge is 0.480 e. The fourth-order valence-corrected chi connectivity index (χ4v) is 3.04. The summed E-state index contributed by atoms with van der Waals surface area (Å²) in [4.78, 5) is 26.5. The smallest absolute Gasteiger partial charge is 0.349 e. The van der Waals surface area contributed by atoms with Gasteiger partial charge in [0.05, 0.1) is 13.7 Å². The van der Waals surface area contributed by atoms with Gasteiger partial charge in [0.2, 0.25) is 11.8 Å². The number of aromatic nitrogens is 2. The molecule has 27 heavy (non-hydrogen) atoms. The van der Waals surface area contributed by atoms with E-state index < -0.39 is 5.63 Å². The molecule has 0 aliphatic carbocycles. The summed E-state index contributed by atoms with van der Waals surface area (Å²) >= 11 is 0. The van der Waals surface area contributed by atoms with Gasteiger partial charge in [0.15, 0.2) is 0 Å². The number of amides is 1. The topological polar surface area (TPSA) is 94.8 Å². The Bertz CT molecular complexity index is 1030. The van der Waals surface area contributed by atoms with E-state index in [1.165, 1.54) is 7.11 Å². The first-order valence-electron chi connectivity index (χ1n) is 8.50. The maximum Gasteiger partial charge on any atom is 0.349 e. The molecule has 0 saturated carbocycles. The molecular weight excluding hydrogens is 350 g/mol. The van der Waals surface area contributed by atoms with Crippen LogP contribution in [0.15, 0.2) is 51.7 Å². The molecule has 0 radical (unpaired) electrons. The van der Waals surface area contributed by atoms with Gasteiger partial charge >= 0.3 is 5.63 Å². The van der Waals surface area contributed by atoms with Crippen LogP contribution in [0.1, 0.15) is 16.8 Å². The lowest BCUT2D eigenvalue weighted by atomic mass is 10.1. The Hall–Kier alpha value is -3.42. The highest BCUT2D eigenvalue weighted by molar-refractivity contribution is 5.96. The summed E-state index contributed by atoms with van der Waals surface area (Å²) < 4.78 is 16.0. The minimum atomic E-state index is -0.635. The Kier molecular flexibility index (Phi) is 4.45. The third-order valence-electron chi connectivity index (χ3n) is 4.42. The van der Waals surface area contributed by atoms with Crippen LogP contribution in [0.2, 0.25) is 0 Å². The molecule has 1 aliphatic heterocycles. The van der Waals surface area contributed by atoms with Crippen LogP contribution in [0.3, 0.4) is 0 Å². The Labute approximate surface area is 154 Å². The number of carbonyl (C=O) groups excluding carboxylic acids is 1. The molecule has 1 amide bonds. The zero-order valence-corrected chi connectivity index (χ0v) is 14.6. The predicted molar refractivity (Wildman–Crippen MR) is 96.0 cm³/mol. The van der Waals surface area contributed by atoms with Gasteiger partial charge in [-0.1, -0.05) is 18.2 Å². The van der Waals surface area contributed by atoms with Gasteiger partial charge in [-0.15, -0.1) is 10.2 Å². The molecule has 1 fully saturated rings. The summed E-state index contributed by atoms with van der Waals surface area (Å²) in [7, 11) is 1.51.